The van der Waals surface area contributed by atoms with Crippen LogP contribution in [0, 0.1) is 5.92 Å². The summed E-state index contributed by atoms with van der Waals surface area (Å²) in [5.74, 6) is 0.639. The summed E-state index contributed by atoms with van der Waals surface area (Å²) in [5, 5.41) is 3.54. The van der Waals surface area contributed by atoms with Gasteiger partial charge >= 0.3 is 0 Å². The van der Waals surface area contributed by atoms with Crippen molar-refractivity contribution >= 4 is 10.0 Å². The Morgan fingerprint density at radius 3 is 2.55 bits per heavy atom. The van der Waals surface area contributed by atoms with Gasteiger partial charge in [-0.15, -0.1) is 0 Å². The van der Waals surface area contributed by atoms with Crippen molar-refractivity contribution in [2.45, 2.75) is 36.6 Å². The van der Waals surface area contributed by atoms with Gasteiger partial charge in [0.2, 0.25) is 10.0 Å². The standard InChI is InChI=1S/C14H23N3O2S/c1-16-8-6-13(11-16)20(18,19)17-9-4-12(5-10-17)14-3-2-7-15-14/h6,8,11-12,14-15H,2-5,7,9-10H2,1H3. The molecule has 1 aromatic heterocycles. The Balaban J connectivity index is 1.65. The number of aromatic nitrogens is 1. The molecule has 0 saturated carbocycles. The van der Waals surface area contributed by atoms with Crippen LogP contribution in [0.3, 0.4) is 0 Å². The molecule has 2 aliphatic rings. The molecule has 0 radical (unpaired) electrons. The smallest absolute Gasteiger partial charge is 0.244 e. The molecule has 0 spiro atoms. The van der Waals surface area contributed by atoms with Crippen LogP contribution in [0.2, 0.25) is 0 Å². The Hall–Kier alpha value is -0.850. The predicted molar refractivity (Wildman–Crippen MR) is 77.9 cm³/mol. The molecule has 1 aromatic rings. The molecular formula is C14H23N3O2S. The highest BCUT2D eigenvalue weighted by molar-refractivity contribution is 7.89. The number of sulfonamides is 1. The van der Waals surface area contributed by atoms with E-state index in [4.69, 9.17) is 0 Å². The third kappa shape index (κ3) is 2.64. The molecule has 1 unspecified atom stereocenters. The van der Waals surface area contributed by atoms with Crippen LogP contribution in [0.5, 0.6) is 0 Å². The molecule has 2 saturated heterocycles. The zero-order valence-electron chi connectivity index (χ0n) is 12.0. The van der Waals surface area contributed by atoms with E-state index in [1.807, 2.05) is 7.05 Å². The molecule has 0 bridgehead atoms. The van der Waals surface area contributed by atoms with Gasteiger partial charge in [0.05, 0.1) is 4.90 Å². The molecule has 5 nitrogen and oxygen atoms in total. The van der Waals surface area contributed by atoms with Gasteiger partial charge in [0.15, 0.2) is 0 Å². The topological polar surface area (TPSA) is 54.3 Å². The molecule has 0 aliphatic carbocycles. The Bertz CT molecular complexity index is 553. The summed E-state index contributed by atoms with van der Waals surface area (Å²) < 4.78 is 28.5. The van der Waals surface area contributed by atoms with Crippen molar-refractivity contribution in [3.8, 4) is 0 Å². The Kier molecular flexibility index (Phi) is 3.88. The lowest BCUT2D eigenvalue weighted by Gasteiger charge is -2.34. The van der Waals surface area contributed by atoms with E-state index in [2.05, 4.69) is 5.32 Å². The fourth-order valence-corrected chi connectivity index (χ4v) is 4.93. The molecule has 0 aromatic carbocycles. The van der Waals surface area contributed by atoms with Gasteiger partial charge < -0.3 is 9.88 Å². The van der Waals surface area contributed by atoms with E-state index >= 15 is 0 Å². The van der Waals surface area contributed by atoms with Gasteiger partial charge in [-0.2, -0.15) is 4.31 Å². The van der Waals surface area contributed by atoms with Gasteiger partial charge in [0.25, 0.3) is 0 Å². The number of hydrogen-bond donors (Lipinski definition) is 1. The van der Waals surface area contributed by atoms with Crippen molar-refractivity contribution in [3.63, 3.8) is 0 Å². The second-order valence-corrected chi connectivity index (χ2v) is 7.89. The highest BCUT2D eigenvalue weighted by atomic mass is 32.2. The van der Waals surface area contributed by atoms with Crippen LogP contribution in [0.4, 0.5) is 0 Å². The van der Waals surface area contributed by atoms with Gasteiger partial charge in [0.1, 0.15) is 0 Å². The van der Waals surface area contributed by atoms with Gasteiger partial charge in [-0.3, -0.25) is 0 Å². The molecular weight excluding hydrogens is 274 g/mol. The summed E-state index contributed by atoms with van der Waals surface area (Å²) in [7, 11) is -1.45. The predicted octanol–water partition coefficient (Wildman–Crippen LogP) is 1.18. The van der Waals surface area contributed by atoms with Gasteiger partial charge in [-0.1, -0.05) is 0 Å². The minimum absolute atomic E-state index is 0.414. The second-order valence-electron chi connectivity index (χ2n) is 5.96. The van der Waals surface area contributed by atoms with E-state index in [9.17, 15) is 8.42 Å². The highest BCUT2D eigenvalue weighted by Crippen LogP contribution is 2.28. The van der Waals surface area contributed by atoms with Crippen molar-refractivity contribution in [2.75, 3.05) is 19.6 Å². The molecule has 6 heteroatoms. The van der Waals surface area contributed by atoms with Gasteiger partial charge in [0, 0.05) is 38.6 Å². The molecule has 112 valence electrons. The van der Waals surface area contributed by atoms with Crippen molar-refractivity contribution < 1.29 is 8.42 Å². The molecule has 3 heterocycles. The van der Waals surface area contributed by atoms with Crippen molar-refractivity contribution in [1.82, 2.24) is 14.2 Å². The summed E-state index contributed by atoms with van der Waals surface area (Å²) in [6.45, 7) is 2.42. The Labute approximate surface area is 121 Å². The number of rotatable bonds is 3. The maximum Gasteiger partial charge on any atom is 0.244 e. The summed E-state index contributed by atoms with van der Waals surface area (Å²) in [4.78, 5) is 0.414. The normalized spacial score (nSPS) is 26.1. The average Bonchev–Trinajstić information content (AvgIpc) is 3.10. The lowest BCUT2D eigenvalue weighted by molar-refractivity contribution is 0.234. The van der Waals surface area contributed by atoms with Gasteiger partial charge in [-0.25, -0.2) is 8.42 Å². The van der Waals surface area contributed by atoms with E-state index in [-0.39, 0.29) is 0 Å². The Morgan fingerprint density at radius 2 is 2.00 bits per heavy atom. The largest absolute Gasteiger partial charge is 0.356 e. The molecule has 2 aliphatic heterocycles. The summed E-state index contributed by atoms with van der Waals surface area (Å²) in [6.07, 6.45) is 7.92. The van der Waals surface area contributed by atoms with Crippen LogP contribution < -0.4 is 5.32 Å². The maximum atomic E-state index is 12.5. The van der Waals surface area contributed by atoms with E-state index < -0.39 is 10.0 Å². The van der Waals surface area contributed by atoms with E-state index in [0.717, 1.165) is 19.4 Å². The zero-order chi connectivity index (χ0) is 14.2. The number of hydrogen-bond acceptors (Lipinski definition) is 3. The molecule has 1 atom stereocenters. The lowest BCUT2D eigenvalue weighted by Crippen LogP contribution is -2.43. The first-order chi connectivity index (χ1) is 9.57. The SMILES string of the molecule is Cn1ccc(S(=O)(=O)N2CCC(C3CCCN3)CC2)c1. The first-order valence-corrected chi connectivity index (χ1v) is 8.87. The monoisotopic (exact) mass is 297 g/mol. The minimum Gasteiger partial charge on any atom is -0.356 e. The molecule has 2 fully saturated rings. The fourth-order valence-electron chi connectivity index (χ4n) is 3.41. The van der Waals surface area contributed by atoms with Crippen LogP contribution in [-0.2, 0) is 17.1 Å². The fraction of sp³-hybridized carbons (Fsp3) is 0.714. The number of piperidine rings is 1. The summed E-state index contributed by atoms with van der Waals surface area (Å²) in [6, 6.07) is 2.29. The summed E-state index contributed by atoms with van der Waals surface area (Å²) >= 11 is 0. The number of aryl methyl sites for hydroxylation is 1. The van der Waals surface area contributed by atoms with Crippen molar-refractivity contribution in [3.05, 3.63) is 18.5 Å². The minimum atomic E-state index is -3.30. The first-order valence-electron chi connectivity index (χ1n) is 7.43. The van der Waals surface area contributed by atoms with Crippen LogP contribution >= 0.6 is 0 Å². The van der Waals surface area contributed by atoms with Gasteiger partial charge in [-0.05, 0) is 44.2 Å². The maximum absolute atomic E-state index is 12.5. The average molecular weight is 297 g/mol. The molecule has 0 amide bonds. The third-order valence-corrected chi connectivity index (χ3v) is 6.49. The van der Waals surface area contributed by atoms with Crippen LogP contribution in [-0.4, -0.2) is 43.0 Å². The first kappa shape index (κ1) is 14.1. The van der Waals surface area contributed by atoms with Crippen LogP contribution in [0.25, 0.3) is 0 Å². The number of nitrogens with one attached hydrogen (secondary N) is 1. The van der Waals surface area contributed by atoms with Crippen molar-refractivity contribution in [2.24, 2.45) is 13.0 Å². The second kappa shape index (κ2) is 5.50. The number of nitrogens with zero attached hydrogens (tertiary/aromatic N) is 2. The van der Waals surface area contributed by atoms with E-state index in [1.54, 1.807) is 27.3 Å². The van der Waals surface area contributed by atoms with E-state index in [0.29, 0.717) is 29.9 Å². The molecule has 20 heavy (non-hydrogen) atoms. The summed E-state index contributed by atoms with van der Waals surface area (Å²) in [5.41, 5.74) is 0. The molecule has 1 N–H and O–H groups in total. The van der Waals surface area contributed by atoms with Crippen LogP contribution in [0.15, 0.2) is 23.4 Å². The molecule has 3 rings (SSSR count). The highest BCUT2D eigenvalue weighted by Gasteiger charge is 2.33. The van der Waals surface area contributed by atoms with E-state index in [1.165, 1.54) is 12.8 Å². The lowest BCUT2D eigenvalue weighted by atomic mass is 9.89. The Morgan fingerprint density at radius 1 is 1.25 bits per heavy atom. The quantitative estimate of drug-likeness (QED) is 0.911. The zero-order valence-corrected chi connectivity index (χ0v) is 12.8. The third-order valence-electron chi connectivity index (χ3n) is 4.61. The van der Waals surface area contributed by atoms with Crippen LogP contribution in [0.1, 0.15) is 25.7 Å². The van der Waals surface area contributed by atoms with Crippen molar-refractivity contribution in [1.29, 1.82) is 0 Å².